The fraction of sp³-hybridized carbons (Fsp3) is 0.438. The SMILES string of the molecule is C=CC(=O)N1CCC[C@@H](c2cc(Nc3nnc(C)s3)nc(C)n2)C1. The van der Waals surface area contributed by atoms with Crippen LogP contribution in [0.3, 0.4) is 0 Å². The van der Waals surface area contributed by atoms with Crippen LogP contribution in [0.15, 0.2) is 18.7 Å². The summed E-state index contributed by atoms with van der Waals surface area (Å²) in [5.74, 6) is 1.60. The minimum Gasteiger partial charge on any atom is -0.339 e. The molecule has 2 aromatic rings. The van der Waals surface area contributed by atoms with Gasteiger partial charge in [-0.3, -0.25) is 4.79 Å². The third-order valence-electron chi connectivity index (χ3n) is 3.94. The van der Waals surface area contributed by atoms with Crippen molar-refractivity contribution in [2.75, 3.05) is 18.4 Å². The molecular weight excluding hydrogens is 324 g/mol. The standard InChI is InChI=1S/C16H20N6OS/c1-4-15(23)22-7-5-6-12(9-22)13-8-14(18-10(2)17-13)19-16-21-20-11(3)24-16/h4,8,12H,1,5-7,9H2,2-3H3,(H,17,18,19,21)/t12-/m1/s1. The van der Waals surface area contributed by atoms with Crippen molar-refractivity contribution >= 4 is 28.2 Å². The first-order valence-corrected chi connectivity index (χ1v) is 8.71. The molecular formula is C16H20N6OS. The van der Waals surface area contributed by atoms with Crippen LogP contribution in [0.5, 0.6) is 0 Å². The summed E-state index contributed by atoms with van der Waals surface area (Å²) in [6, 6.07) is 1.94. The number of aryl methyl sites for hydroxylation is 2. The third kappa shape index (κ3) is 3.76. The Kier molecular flexibility index (Phi) is 4.84. The number of nitrogens with one attached hydrogen (secondary N) is 1. The van der Waals surface area contributed by atoms with Crippen molar-refractivity contribution in [2.24, 2.45) is 0 Å². The van der Waals surface area contributed by atoms with E-state index in [1.54, 1.807) is 0 Å². The largest absolute Gasteiger partial charge is 0.339 e. The zero-order valence-electron chi connectivity index (χ0n) is 13.8. The Morgan fingerprint density at radius 3 is 2.96 bits per heavy atom. The Balaban J connectivity index is 1.80. The number of aromatic nitrogens is 4. The first kappa shape index (κ1) is 16.5. The number of hydrogen-bond acceptors (Lipinski definition) is 7. The molecule has 0 spiro atoms. The minimum atomic E-state index is -0.0202. The van der Waals surface area contributed by atoms with E-state index in [9.17, 15) is 4.79 Å². The Hall–Kier alpha value is -2.35. The molecule has 3 heterocycles. The first-order valence-electron chi connectivity index (χ1n) is 7.89. The van der Waals surface area contributed by atoms with Gasteiger partial charge in [-0.2, -0.15) is 0 Å². The highest BCUT2D eigenvalue weighted by Gasteiger charge is 2.25. The second-order valence-electron chi connectivity index (χ2n) is 5.80. The van der Waals surface area contributed by atoms with Gasteiger partial charge in [0.05, 0.1) is 5.69 Å². The number of nitrogens with zero attached hydrogens (tertiary/aromatic N) is 5. The van der Waals surface area contributed by atoms with Gasteiger partial charge in [-0.25, -0.2) is 9.97 Å². The smallest absolute Gasteiger partial charge is 0.245 e. The number of carbonyl (C=O) groups is 1. The fourth-order valence-corrected chi connectivity index (χ4v) is 3.47. The normalized spacial score (nSPS) is 17.6. The van der Waals surface area contributed by atoms with Gasteiger partial charge in [0.2, 0.25) is 11.0 Å². The van der Waals surface area contributed by atoms with E-state index in [0.717, 1.165) is 30.1 Å². The molecule has 0 bridgehead atoms. The number of rotatable bonds is 4. The van der Waals surface area contributed by atoms with Crippen molar-refractivity contribution in [3.63, 3.8) is 0 Å². The first-order chi connectivity index (χ1) is 11.5. The predicted octanol–water partition coefficient (Wildman–Crippen LogP) is 2.58. The van der Waals surface area contributed by atoms with E-state index >= 15 is 0 Å². The molecule has 7 nitrogen and oxygen atoms in total. The van der Waals surface area contributed by atoms with Crippen LogP contribution in [-0.2, 0) is 4.79 Å². The molecule has 1 fully saturated rings. The fourth-order valence-electron chi connectivity index (χ4n) is 2.87. The van der Waals surface area contributed by atoms with Crippen LogP contribution in [0, 0.1) is 13.8 Å². The number of anilines is 2. The highest BCUT2D eigenvalue weighted by atomic mass is 32.1. The van der Waals surface area contributed by atoms with Gasteiger partial charge in [-0.15, -0.1) is 10.2 Å². The van der Waals surface area contributed by atoms with Gasteiger partial charge in [0, 0.05) is 25.1 Å². The Labute approximate surface area is 144 Å². The van der Waals surface area contributed by atoms with E-state index < -0.39 is 0 Å². The van der Waals surface area contributed by atoms with Crippen molar-refractivity contribution in [2.45, 2.75) is 32.6 Å². The van der Waals surface area contributed by atoms with Crippen molar-refractivity contribution in [3.8, 4) is 0 Å². The van der Waals surface area contributed by atoms with Crippen molar-refractivity contribution < 1.29 is 4.79 Å². The van der Waals surface area contributed by atoms with Crippen LogP contribution in [0.25, 0.3) is 0 Å². The zero-order chi connectivity index (χ0) is 17.1. The van der Waals surface area contributed by atoms with Gasteiger partial charge in [-0.1, -0.05) is 17.9 Å². The maximum absolute atomic E-state index is 11.9. The molecule has 8 heteroatoms. The lowest BCUT2D eigenvalue weighted by atomic mass is 9.94. The molecule has 0 saturated carbocycles. The van der Waals surface area contributed by atoms with Crippen LogP contribution in [0.1, 0.15) is 35.3 Å². The number of piperidine rings is 1. The molecule has 0 aromatic carbocycles. The summed E-state index contributed by atoms with van der Waals surface area (Å²) in [7, 11) is 0. The maximum atomic E-state index is 11.9. The van der Waals surface area contributed by atoms with E-state index in [1.807, 2.05) is 24.8 Å². The van der Waals surface area contributed by atoms with Crippen LogP contribution >= 0.6 is 11.3 Å². The average molecular weight is 344 g/mol. The summed E-state index contributed by atoms with van der Waals surface area (Å²) in [5, 5.41) is 12.9. The van der Waals surface area contributed by atoms with E-state index in [-0.39, 0.29) is 11.8 Å². The van der Waals surface area contributed by atoms with E-state index in [4.69, 9.17) is 0 Å². The van der Waals surface area contributed by atoms with Gasteiger partial charge in [0.15, 0.2) is 0 Å². The van der Waals surface area contributed by atoms with Gasteiger partial charge in [-0.05, 0) is 32.8 Å². The number of amides is 1. The quantitative estimate of drug-likeness (QED) is 0.858. The molecule has 126 valence electrons. The molecule has 1 saturated heterocycles. The van der Waals surface area contributed by atoms with E-state index in [1.165, 1.54) is 17.4 Å². The van der Waals surface area contributed by atoms with Gasteiger partial charge in [0.25, 0.3) is 0 Å². The highest BCUT2D eigenvalue weighted by molar-refractivity contribution is 7.15. The van der Waals surface area contributed by atoms with Crippen molar-refractivity contribution in [1.82, 2.24) is 25.1 Å². The lowest BCUT2D eigenvalue weighted by Crippen LogP contribution is -2.38. The summed E-state index contributed by atoms with van der Waals surface area (Å²) in [4.78, 5) is 22.7. The Morgan fingerprint density at radius 1 is 1.42 bits per heavy atom. The average Bonchev–Trinajstić information content (AvgIpc) is 2.98. The van der Waals surface area contributed by atoms with E-state index in [0.29, 0.717) is 23.3 Å². The third-order valence-corrected chi connectivity index (χ3v) is 4.70. The number of carbonyl (C=O) groups excluding carboxylic acids is 1. The van der Waals surface area contributed by atoms with E-state index in [2.05, 4.69) is 32.1 Å². The summed E-state index contributed by atoms with van der Waals surface area (Å²) in [6.07, 6.45) is 3.35. The van der Waals surface area contributed by atoms with Crippen LogP contribution in [0.2, 0.25) is 0 Å². The summed E-state index contributed by atoms with van der Waals surface area (Å²) in [6.45, 7) is 8.80. The molecule has 1 N–H and O–H groups in total. The molecule has 0 radical (unpaired) electrons. The highest BCUT2D eigenvalue weighted by Crippen LogP contribution is 2.28. The molecule has 3 rings (SSSR count). The minimum absolute atomic E-state index is 0.0202. The van der Waals surface area contributed by atoms with Crippen molar-refractivity contribution in [3.05, 3.63) is 35.2 Å². The molecule has 1 amide bonds. The van der Waals surface area contributed by atoms with Crippen LogP contribution in [0.4, 0.5) is 10.9 Å². The summed E-state index contributed by atoms with van der Waals surface area (Å²) >= 11 is 1.48. The monoisotopic (exact) mass is 344 g/mol. The lowest BCUT2D eigenvalue weighted by Gasteiger charge is -2.32. The van der Waals surface area contributed by atoms with Crippen LogP contribution in [-0.4, -0.2) is 44.1 Å². The predicted molar refractivity (Wildman–Crippen MR) is 93.4 cm³/mol. The molecule has 1 aliphatic rings. The van der Waals surface area contributed by atoms with Gasteiger partial charge < -0.3 is 10.2 Å². The molecule has 1 aliphatic heterocycles. The van der Waals surface area contributed by atoms with Crippen LogP contribution < -0.4 is 5.32 Å². The number of hydrogen-bond donors (Lipinski definition) is 1. The molecule has 0 aliphatic carbocycles. The maximum Gasteiger partial charge on any atom is 0.245 e. The molecule has 1 atom stereocenters. The number of likely N-dealkylation sites (tertiary alicyclic amines) is 1. The topological polar surface area (TPSA) is 83.9 Å². The second-order valence-corrected chi connectivity index (χ2v) is 6.99. The Morgan fingerprint density at radius 2 is 2.25 bits per heavy atom. The lowest BCUT2D eigenvalue weighted by molar-refractivity contribution is -0.127. The molecule has 2 aromatic heterocycles. The summed E-state index contributed by atoms with van der Waals surface area (Å²) in [5.41, 5.74) is 0.952. The zero-order valence-corrected chi connectivity index (χ0v) is 14.6. The summed E-state index contributed by atoms with van der Waals surface area (Å²) < 4.78 is 0. The Bertz CT molecular complexity index is 759. The molecule has 0 unspecified atom stereocenters. The second kappa shape index (κ2) is 7.04. The van der Waals surface area contributed by atoms with Crippen molar-refractivity contribution in [1.29, 1.82) is 0 Å². The van der Waals surface area contributed by atoms with Gasteiger partial charge in [0.1, 0.15) is 16.6 Å². The van der Waals surface area contributed by atoms with Gasteiger partial charge >= 0.3 is 0 Å². The molecule has 24 heavy (non-hydrogen) atoms.